The number of sulfonamides is 1. The minimum absolute atomic E-state index is 0.148. The van der Waals surface area contributed by atoms with Crippen molar-refractivity contribution in [3.8, 4) is 5.75 Å². The van der Waals surface area contributed by atoms with Crippen LogP contribution in [0.1, 0.15) is 30.0 Å². The first kappa shape index (κ1) is 24.3. The second-order valence-corrected chi connectivity index (χ2v) is 10.8. The number of aromatic nitrogens is 1. The highest BCUT2D eigenvalue weighted by Gasteiger charge is 2.27. The number of ether oxygens (including phenoxy) is 1. The van der Waals surface area contributed by atoms with E-state index in [4.69, 9.17) is 4.74 Å². The zero-order valence-electron chi connectivity index (χ0n) is 18.9. The van der Waals surface area contributed by atoms with Gasteiger partial charge in [0, 0.05) is 19.3 Å². The molecule has 1 N–H and O–H groups in total. The van der Waals surface area contributed by atoms with Gasteiger partial charge < -0.3 is 10.1 Å². The Morgan fingerprint density at radius 2 is 1.71 bits per heavy atom. The van der Waals surface area contributed by atoms with E-state index >= 15 is 0 Å². The highest BCUT2D eigenvalue weighted by Crippen LogP contribution is 2.26. The Morgan fingerprint density at radius 3 is 2.32 bits per heavy atom. The van der Waals surface area contributed by atoms with Crippen LogP contribution in [0.2, 0.25) is 0 Å². The molecule has 1 amide bonds. The first-order chi connectivity index (χ1) is 16.5. The molecule has 0 spiro atoms. The Balaban J connectivity index is 1.41. The Labute approximate surface area is 204 Å². The first-order valence-electron chi connectivity index (χ1n) is 11.0. The van der Waals surface area contributed by atoms with Crippen LogP contribution in [-0.2, 0) is 14.8 Å². The summed E-state index contributed by atoms with van der Waals surface area (Å²) >= 11 is 1.27. The molecule has 0 unspecified atom stereocenters. The average molecular weight is 498 g/mol. The molecule has 1 saturated heterocycles. The topological polar surface area (TPSA) is 88.6 Å². The molecule has 1 aliphatic rings. The molecule has 0 aliphatic carbocycles. The number of hydrogen-bond donors (Lipinski definition) is 1. The largest absolute Gasteiger partial charge is 0.497 e. The van der Waals surface area contributed by atoms with Gasteiger partial charge in [0.15, 0.2) is 0 Å². The number of hydrogen-bond acceptors (Lipinski definition) is 6. The summed E-state index contributed by atoms with van der Waals surface area (Å²) in [6.07, 6.45) is 3.14. The van der Waals surface area contributed by atoms with E-state index in [1.807, 2.05) is 54.6 Å². The monoisotopic (exact) mass is 497 g/mol. The SMILES string of the molecule is COc1ccc([C@H](NC(=O)CSc2ccc(S(=O)(=O)N3CCCC3)cn2)c2ccccc2)cc1. The molecule has 34 heavy (non-hydrogen) atoms. The molecular weight excluding hydrogens is 470 g/mol. The summed E-state index contributed by atoms with van der Waals surface area (Å²) in [6, 6.07) is 20.3. The summed E-state index contributed by atoms with van der Waals surface area (Å²) in [5, 5.41) is 3.69. The van der Waals surface area contributed by atoms with Crippen molar-refractivity contribution in [1.82, 2.24) is 14.6 Å². The summed E-state index contributed by atoms with van der Waals surface area (Å²) in [4.78, 5) is 17.3. The van der Waals surface area contributed by atoms with Crippen molar-refractivity contribution in [2.24, 2.45) is 0 Å². The average Bonchev–Trinajstić information content (AvgIpc) is 3.43. The second kappa shape index (κ2) is 11.0. The molecule has 1 aliphatic heterocycles. The van der Waals surface area contributed by atoms with Crippen molar-refractivity contribution < 1.29 is 17.9 Å². The number of pyridine rings is 1. The number of rotatable bonds is 9. The van der Waals surface area contributed by atoms with Crippen molar-refractivity contribution in [2.45, 2.75) is 28.8 Å². The van der Waals surface area contributed by atoms with Crippen LogP contribution in [0.5, 0.6) is 5.75 Å². The first-order valence-corrected chi connectivity index (χ1v) is 13.5. The van der Waals surface area contributed by atoms with E-state index in [0.29, 0.717) is 18.1 Å². The van der Waals surface area contributed by atoms with Gasteiger partial charge in [-0.3, -0.25) is 4.79 Å². The fourth-order valence-electron chi connectivity index (χ4n) is 3.83. The minimum Gasteiger partial charge on any atom is -0.497 e. The van der Waals surface area contributed by atoms with Crippen molar-refractivity contribution in [3.63, 3.8) is 0 Å². The number of methoxy groups -OCH3 is 1. The molecule has 1 atom stereocenters. The Bertz CT molecular complexity index is 1200. The van der Waals surface area contributed by atoms with E-state index in [0.717, 1.165) is 29.7 Å². The van der Waals surface area contributed by atoms with Crippen LogP contribution < -0.4 is 10.1 Å². The summed E-state index contributed by atoms with van der Waals surface area (Å²) in [7, 11) is -1.88. The lowest BCUT2D eigenvalue weighted by molar-refractivity contribution is -0.119. The molecule has 178 valence electrons. The number of carbonyl (C=O) groups excluding carboxylic acids is 1. The van der Waals surface area contributed by atoms with Crippen LogP contribution in [0.4, 0.5) is 0 Å². The number of benzene rings is 2. The zero-order chi connectivity index (χ0) is 24.0. The lowest BCUT2D eigenvalue weighted by Gasteiger charge is -2.20. The molecule has 1 aromatic heterocycles. The Hall–Kier alpha value is -2.88. The quantitative estimate of drug-likeness (QED) is 0.452. The summed E-state index contributed by atoms with van der Waals surface area (Å²) in [5.74, 6) is 0.758. The number of nitrogens with one attached hydrogen (secondary N) is 1. The Kier molecular flexibility index (Phi) is 7.87. The predicted molar refractivity (Wildman–Crippen MR) is 132 cm³/mol. The number of nitrogens with zero attached hydrogens (tertiary/aromatic N) is 2. The third-order valence-electron chi connectivity index (χ3n) is 5.65. The van der Waals surface area contributed by atoms with Gasteiger partial charge in [0.05, 0.1) is 23.9 Å². The van der Waals surface area contributed by atoms with Gasteiger partial charge in [-0.25, -0.2) is 13.4 Å². The summed E-state index contributed by atoms with van der Waals surface area (Å²) in [5.41, 5.74) is 1.92. The van der Waals surface area contributed by atoms with Gasteiger partial charge in [0.2, 0.25) is 15.9 Å². The van der Waals surface area contributed by atoms with Crippen molar-refractivity contribution in [3.05, 3.63) is 84.1 Å². The lowest BCUT2D eigenvalue weighted by Crippen LogP contribution is -2.30. The molecule has 1 fully saturated rings. The van der Waals surface area contributed by atoms with Gasteiger partial charge in [-0.05, 0) is 48.2 Å². The molecular formula is C25H27N3O4S2. The number of thioether (sulfide) groups is 1. The Morgan fingerprint density at radius 1 is 1.03 bits per heavy atom. The van der Waals surface area contributed by atoms with Crippen LogP contribution >= 0.6 is 11.8 Å². The fraction of sp³-hybridized carbons (Fsp3) is 0.280. The molecule has 2 heterocycles. The van der Waals surface area contributed by atoms with Gasteiger partial charge >= 0.3 is 0 Å². The third-order valence-corrected chi connectivity index (χ3v) is 8.48. The number of amides is 1. The van der Waals surface area contributed by atoms with E-state index < -0.39 is 10.0 Å². The molecule has 4 rings (SSSR count). The maximum Gasteiger partial charge on any atom is 0.244 e. The van der Waals surface area contributed by atoms with Crippen LogP contribution in [0.25, 0.3) is 0 Å². The predicted octanol–water partition coefficient (Wildman–Crippen LogP) is 3.87. The van der Waals surface area contributed by atoms with Crippen LogP contribution in [0.15, 0.2) is 82.8 Å². The molecule has 3 aromatic rings. The fourth-order valence-corrected chi connectivity index (χ4v) is 5.94. The van der Waals surface area contributed by atoms with Crippen LogP contribution in [0.3, 0.4) is 0 Å². The van der Waals surface area contributed by atoms with Gasteiger partial charge in [-0.15, -0.1) is 0 Å². The van der Waals surface area contributed by atoms with Crippen LogP contribution in [0, 0.1) is 0 Å². The van der Waals surface area contributed by atoms with E-state index in [1.165, 1.54) is 22.3 Å². The minimum atomic E-state index is -3.50. The summed E-state index contributed by atoms with van der Waals surface area (Å²) < 4.78 is 32.0. The van der Waals surface area contributed by atoms with E-state index in [9.17, 15) is 13.2 Å². The van der Waals surface area contributed by atoms with Crippen molar-refractivity contribution in [1.29, 1.82) is 0 Å². The maximum absolute atomic E-state index is 12.8. The zero-order valence-corrected chi connectivity index (χ0v) is 20.5. The van der Waals surface area contributed by atoms with E-state index in [1.54, 1.807) is 19.2 Å². The van der Waals surface area contributed by atoms with Gasteiger partial charge in [0.25, 0.3) is 0 Å². The maximum atomic E-state index is 12.8. The molecule has 2 aromatic carbocycles. The highest BCUT2D eigenvalue weighted by molar-refractivity contribution is 7.99. The van der Waals surface area contributed by atoms with Gasteiger partial charge in [0.1, 0.15) is 10.6 Å². The standard InChI is InChI=1S/C25H27N3O4S2/c1-32-21-11-9-20(10-12-21)25(19-7-3-2-4-8-19)27-23(29)18-33-24-14-13-22(17-26-24)34(30,31)28-15-5-6-16-28/h2-4,7-14,17,25H,5-6,15-16,18H2,1H3,(H,27,29)/t25-/m1/s1. The molecule has 9 heteroatoms. The van der Waals surface area contributed by atoms with Crippen molar-refractivity contribution >= 4 is 27.7 Å². The normalized spacial score (nSPS) is 15.1. The lowest BCUT2D eigenvalue weighted by atomic mass is 9.98. The molecule has 0 radical (unpaired) electrons. The molecule has 0 bridgehead atoms. The van der Waals surface area contributed by atoms with Crippen molar-refractivity contribution in [2.75, 3.05) is 26.0 Å². The van der Waals surface area contributed by atoms with Gasteiger partial charge in [-0.1, -0.05) is 54.2 Å². The van der Waals surface area contributed by atoms with E-state index in [2.05, 4.69) is 10.3 Å². The second-order valence-electron chi connectivity index (χ2n) is 7.92. The molecule has 7 nitrogen and oxygen atoms in total. The smallest absolute Gasteiger partial charge is 0.244 e. The van der Waals surface area contributed by atoms with Crippen LogP contribution in [-0.4, -0.2) is 49.6 Å². The summed E-state index contributed by atoms with van der Waals surface area (Å²) in [6.45, 7) is 1.10. The van der Waals surface area contributed by atoms with E-state index in [-0.39, 0.29) is 22.6 Å². The third kappa shape index (κ3) is 5.78. The number of carbonyl (C=O) groups is 1. The van der Waals surface area contributed by atoms with Gasteiger partial charge in [-0.2, -0.15) is 4.31 Å². The molecule has 0 saturated carbocycles. The highest BCUT2D eigenvalue weighted by atomic mass is 32.2.